The van der Waals surface area contributed by atoms with Crippen molar-refractivity contribution in [2.75, 3.05) is 56.6 Å². The zero-order chi connectivity index (χ0) is 34.5. The number of halogens is 1. The molecule has 9 nitrogen and oxygen atoms in total. The molecule has 0 atom stereocenters. The Morgan fingerprint density at radius 1 is 0.917 bits per heavy atom. The van der Waals surface area contributed by atoms with Gasteiger partial charge in [-0.3, -0.25) is 14.7 Å². The van der Waals surface area contributed by atoms with Gasteiger partial charge in [-0.25, -0.2) is 14.2 Å². The Morgan fingerprint density at radius 3 is 2.29 bits per heavy atom. The molecule has 0 spiro atoms. The highest BCUT2D eigenvalue weighted by Gasteiger charge is 2.20. The lowest BCUT2D eigenvalue weighted by Crippen LogP contribution is -2.49. The van der Waals surface area contributed by atoms with Crippen LogP contribution >= 0.6 is 0 Å². The van der Waals surface area contributed by atoms with Gasteiger partial charge in [0.05, 0.1) is 5.69 Å². The predicted octanol–water partition coefficient (Wildman–Crippen LogP) is 7.61. The molecule has 1 amide bonds. The number of hydrogen-bond acceptors (Lipinski definition) is 8. The number of carbonyl (C=O) groups excluding carboxylic acids is 1. The van der Waals surface area contributed by atoms with E-state index in [-0.39, 0.29) is 17.6 Å². The van der Waals surface area contributed by atoms with Crippen LogP contribution in [0, 0.1) is 40.4 Å². The SMILES string of the molecule is Cc1cc(C)cc(N(C)C(=O)Oc2cc(-c3ccc(C)c(C)c3C)nc(Nc3ccc(OCCN4CCN(C(C)C)CC4)c(F)c3)n2)c1. The third-order valence-corrected chi connectivity index (χ3v) is 9.09. The second-order valence-electron chi connectivity index (χ2n) is 13.0. The van der Waals surface area contributed by atoms with E-state index in [9.17, 15) is 4.79 Å². The van der Waals surface area contributed by atoms with E-state index in [0.717, 1.165) is 66.1 Å². The summed E-state index contributed by atoms with van der Waals surface area (Å²) in [7, 11) is 1.66. The van der Waals surface area contributed by atoms with Gasteiger partial charge >= 0.3 is 6.09 Å². The van der Waals surface area contributed by atoms with Crippen LogP contribution in [0.2, 0.25) is 0 Å². The van der Waals surface area contributed by atoms with Crippen LogP contribution in [0.3, 0.4) is 0 Å². The van der Waals surface area contributed by atoms with E-state index in [4.69, 9.17) is 14.5 Å². The number of hydrogen-bond donors (Lipinski definition) is 1. The number of rotatable bonds is 10. The van der Waals surface area contributed by atoms with E-state index in [1.165, 1.54) is 11.0 Å². The van der Waals surface area contributed by atoms with E-state index in [1.807, 2.05) is 51.1 Å². The number of aromatic nitrogens is 2. The van der Waals surface area contributed by atoms with Gasteiger partial charge in [-0.05, 0) is 101 Å². The maximum atomic E-state index is 15.2. The molecule has 5 rings (SSSR count). The van der Waals surface area contributed by atoms with Gasteiger partial charge < -0.3 is 14.8 Å². The largest absolute Gasteiger partial charge is 0.489 e. The summed E-state index contributed by atoms with van der Waals surface area (Å²) in [6.07, 6.45) is -0.596. The molecule has 0 unspecified atom stereocenters. The third kappa shape index (κ3) is 8.48. The van der Waals surface area contributed by atoms with E-state index in [0.29, 0.717) is 29.7 Å². The van der Waals surface area contributed by atoms with Gasteiger partial charge in [0.15, 0.2) is 11.6 Å². The van der Waals surface area contributed by atoms with Gasteiger partial charge in [0.2, 0.25) is 11.8 Å². The van der Waals surface area contributed by atoms with Gasteiger partial charge in [-0.1, -0.05) is 18.2 Å². The van der Waals surface area contributed by atoms with Gasteiger partial charge in [0.1, 0.15) is 6.61 Å². The van der Waals surface area contributed by atoms with Crippen LogP contribution in [-0.4, -0.2) is 78.3 Å². The highest BCUT2D eigenvalue weighted by molar-refractivity contribution is 5.88. The number of benzene rings is 3. The Bertz CT molecular complexity index is 1750. The molecule has 254 valence electrons. The fraction of sp³-hybridized carbons (Fsp3) is 0.395. The van der Waals surface area contributed by atoms with Crippen molar-refractivity contribution in [1.29, 1.82) is 0 Å². The number of piperazine rings is 1. The molecule has 1 fully saturated rings. The van der Waals surface area contributed by atoms with Crippen molar-refractivity contribution in [2.24, 2.45) is 0 Å². The van der Waals surface area contributed by atoms with Crippen molar-refractivity contribution in [3.05, 3.63) is 88.2 Å². The number of amides is 1. The Balaban J connectivity index is 1.33. The van der Waals surface area contributed by atoms with Crippen LogP contribution in [0.15, 0.2) is 54.6 Å². The van der Waals surface area contributed by atoms with Gasteiger partial charge in [0.25, 0.3) is 0 Å². The summed E-state index contributed by atoms with van der Waals surface area (Å²) < 4.78 is 26.8. The summed E-state index contributed by atoms with van der Waals surface area (Å²) in [5.41, 5.74) is 8.03. The first kappa shape index (κ1) is 34.8. The van der Waals surface area contributed by atoms with Gasteiger partial charge in [-0.15, -0.1) is 0 Å². The molecule has 0 saturated carbocycles. The monoisotopic (exact) mass is 654 g/mol. The van der Waals surface area contributed by atoms with Crippen molar-refractivity contribution in [3.63, 3.8) is 0 Å². The molecule has 1 N–H and O–H groups in total. The minimum atomic E-state index is -0.596. The van der Waals surface area contributed by atoms with Gasteiger partial charge in [-0.2, -0.15) is 4.98 Å². The lowest BCUT2D eigenvalue weighted by molar-refractivity contribution is 0.0965. The molecule has 1 saturated heterocycles. The summed E-state index contributed by atoms with van der Waals surface area (Å²) in [6.45, 7) is 19.7. The molecular weight excluding hydrogens is 607 g/mol. The summed E-state index contributed by atoms with van der Waals surface area (Å²) in [5.74, 6) is -0.0788. The smallest absolute Gasteiger partial charge is 0.420 e. The number of nitrogens with zero attached hydrogens (tertiary/aromatic N) is 5. The van der Waals surface area contributed by atoms with Gasteiger partial charge in [0, 0.05) is 74.9 Å². The second-order valence-corrected chi connectivity index (χ2v) is 13.0. The quantitative estimate of drug-likeness (QED) is 0.187. The number of anilines is 3. The molecule has 0 bridgehead atoms. The Kier molecular flexibility index (Phi) is 11.0. The van der Waals surface area contributed by atoms with Crippen molar-refractivity contribution in [1.82, 2.24) is 19.8 Å². The van der Waals surface area contributed by atoms with E-state index in [2.05, 4.69) is 47.8 Å². The molecular formula is C38H47FN6O3. The number of aryl methyl sites for hydroxylation is 3. The molecule has 48 heavy (non-hydrogen) atoms. The highest BCUT2D eigenvalue weighted by Crippen LogP contribution is 2.31. The fourth-order valence-corrected chi connectivity index (χ4v) is 5.93. The lowest BCUT2D eigenvalue weighted by atomic mass is 9.97. The molecule has 4 aromatic rings. The minimum Gasteiger partial charge on any atom is -0.489 e. The normalized spacial score (nSPS) is 13.9. The molecule has 0 aliphatic carbocycles. The van der Waals surface area contributed by atoms with Crippen LogP contribution in [-0.2, 0) is 0 Å². The Hall–Kier alpha value is -4.54. The molecule has 0 radical (unpaired) electrons. The van der Waals surface area contributed by atoms with E-state index < -0.39 is 11.9 Å². The third-order valence-electron chi connectivity index (χ3n) is 9.09. The fourth-order valence-electron chi connectivity index (χ4n) is 5.93. The van der Waals surface area contributed by atoms with Crippen LogP contribution in [0.25, 0.3) is 11.3 Å². The average molecular weight is 655 g/mol. The summed E-state index contributed by atoms with van der Waals surface area (Å²) >= 11 is 0. The van der Waals surface area contributed by atoms with Crippen LogP contribution in [0.5, 0.6) is 11.6 Å². The maximum Gasteiger partial charge on any atom is 0.420 e. The number of carbonyl (C=O) groups is 1. The second kappa shape index (κ2) is 15.1. The predicted molar refractivity (Wildman–Crippen MR) is 190 cm³/mol. The lowest BCUT2D eigenvalue weighted by Gasteiger charge is -2.36. The van der Waals surface area contributed by atoms with Crippen molar-refractivity contribution < 1.29 is 18.7 Å². The molecule has 2 heterocycles. The van der Waals surface area contributed by atoms with Crippen LogP contribution < -0.4 is 19.7 Å². The Morgan fingerprint density at radius 2 is 1.62 bits per heavy atom. The number of ether oxygens (including phenoxy) is 2. The highest BCUT2D eigenvalue weighted by atomic mass is 19.1. The molecule has 1 aliphatic heterocycles. The molecule has 3 aromatic carbocycles. The summed E-state index contributed by atoms with van der Waals surface area (Å²) in [6, 6.07) is 16.8. The Labute approximate surface area is 283 Å². The maximum absolute atomic E-state index is 15.2. The average Bonchev–Trinajstić information content (AvgIpc) is 3.04. The first-order valence-corrected chi connectivity index (χ1v) is 16.5. The van der Waals surface area contributed by atoms with E-state index in [1.54, 1.807) is 25.2 Å². The zero-order valence-corrected chi connectivity index (χ0v) is 29.4. The van der Waals surface area contributed by atoms with Crippen molar-refractivity contribution >= 4 is 23.4 Å². The topological polar surface area (TPSA) is 83.1 Å². The summed E-state index contributed by atoms with van der Waals surface area (Å²) in [5, 5.41) is 3.10. The first-order valence-electron chi connectivity index (χ1n) is 16.5. The molecule has 1 aromatic heterocycles. The van der Waals surface area contributed by atoms with E-state index >= 15 is 4.39 Å². The standard InChI is InChI=1S/C38H47FN6O3/c1-24(2)45-15-13-44(14-16-45)17-18-47-35-12-10-30(22-33(35)39)40-37-41-34(32-11-9-27(5)28(6)29(32)7)23-36(42-37)48-38(46)43(8)31-20-25(3)19-26(4)21-31/h9-12,19-24H,13-18H2,1-8H3,(H,40,41,42). The summed E-state index contributed by atoms with van der Waals surface area (Å²) in [4.78, 5) is 28.8. The van der Waals surface area contributed by atoms with Crippen LogP contribution in [0.1, 0.15) is 41.7 Å². The number of nitrogens with one attached hydrogen (secondary N) is 1. The molecule has 10 heteroatoms. The molecule has 1 aliphatic rings. The minimum absolute atomic E-state index is 0.0657. The zero-order valence-electron chi connectivity index (χ0n) is 29.4. The van der Waals surface area contributed by atoms with Crippen molar-refractivity contribution in [3.8, 4) is 22.9 Å². The first-order chi connectivity index (χ1) is 22.9. The van der Waals surface area contributed by atoms with Crippen molar-refractivity contribution in [2.45, 2.75) is 54.5 Å². The van der Waals surface area contributed by atoms with Crippen LogP contribution in [0.4, 0.5) is 26.5 Å².